The highest BCUT2D eigenvalue weighted by molar-refractivity contribution is 6.30. The number of pyridine rings is 1. The first-order valence-electron chi connectivity index (χ1n) is 11.1. The number of Topliss-reactive ketones (excluding diaryl/α,β-unsaturated/α-hetero) is 2. The molecule has 3 aromatic rings. The number of piperidine rings is 1. The molecule has 170 valence electrons. The lowest BCUT2D eigenvalue weighted by atomic mass is 10.00. The number of ketones is 2. The highest BCUT2D eigenvalue weighted by Crippen LogP contribution is 2.48. The zero-order chi connectivity index (χ0) is 23.3. The molecule has 33 heavy (non-hydrogen) atoms. The van der Waals surface area contributed by atoms with E-state index < -0.39 is 11.9 Å². The zero-order valence-corrected chi connectivity index (χ0v) is 18.9. The van der Waals surface area contributed by atoms with Crippen LogP contribution in [0, 0.1) is 11.7 Å². The average molecular weight is 468 g/mol. The predicted octanol–water partition coefficient (Wildman–Crippen LogP) is 4.22. The minimum atomic E-state index is -0.496. The molecule has 1 aromatic carbocycles. The number of hydrogen-bond acceptors (Lipinski definition) is 4. The van der Waals surface area contributed by atoms with E-state index in [1.165, 1.54) is 13.0 Å². The SMILES string of the molecule is CC(=O)c1cn(CC(=O)N2[C@@H]3C[C@@H]3C[C@H]2C(=O)CCc2cccc(Cl)c2F)c2ccncc12. The van der Waals surface area contributed by atoms with Gasteiger partial charge in [0.05, 0.1) is 16.6 Å². The van der Waals surface area contributed by atoms with Gasteiger partial charge in [0.2, 0.25) is 5.91 Å². The Bertz CT molecular complexity index is 1290. The van der Waals surface area contributed by atoms with Crippen molar-refractivity contribution in [3.05, 3.63) is 64.8 Å². The molecule has 3 atom stereocenters. The number of nitrogens with zero attached hydrogens (tertiary/aromatic N) is 3. The van der Waals surface area contributed by atoms with Gasteiger partial charge in [-0.1, -0.05) is 23.7 Å². The van der Waals surface area contributed by atoms with Gasteiger partial charge in [0, 0.05) is 42.0 Å². The van der Waals surface area contributed by atoms with Crippen LogP contribution in [0.4, 0.5) is 4.39 Å². The Morgan fingerprint density at radius 3 is 2.82 bits per heavy atom. The first-order valence-corrected chi connectivity index (χ1v) is 11.4. The summed E-state index contributed by atoms with van der Waals surface area (Å²) in [6.45, 7) is 1.53. The molecule has 0 bridgehead atoms. The third-order valence-electron chi connectivity index (χ3n) is 6.80. The molecule has 0 spiro atoms. The maximum atomic E-state index is 14.2. The normalized spacial score (nSPS) is 21.3. The molecule has 0 radical (unpaired) electrons. The Hall–Kier alpha value is -3.06. The van der Waals surface area contributed by atoms with E-state index in [-0.39, 0.29) is 47.9 Å². The second-order valence-corrected chi connectivity index (χ2v) is 9.32. The van der Waals surface area contributed by atoms with E-state index in [0.717, 1.165) is 11.9 Å². The van der Waals surface area contributed by atoms with Crippen molar-refractivity contribution < 1.29 is 18.8 Å². The molecule has 1 amide bonds. The fourth-order valence-electron chi connectivity index (χ4n) is 5.05. The summed E-state index contributed by atoms with van der Waals surface area (Å²) in [4.78, 5) is 44.2. The number of halogens is 2. The molecule has 2 aromatic heterocycles. The van der Waals surface area contributed by atoms with Crippen LogP contribution >= 0.6 is 11.6 Å². The number of aryl methyl sites for hydroxylation is 1. The fraction of sp³-hybridized carbons (Fsp3) is 0.360. The first kappa shape index (κ1) is 21.8. The molecule has 3 heterocycles. The molecule has 1 aliphatic heterocycles. The van der Waals surface area contributed by atoms with Gasteiger partial charge in [-0.25, -0.2) is 4.39 Å². The van der Waals surface area contributed by atoms with E-state index in [0.29, 0.717) is 28.9 Å². The van der Waals surface area contributed by atoms with Gasteiger partial charge in [0.1, 0.15) is 12.4 Å². The lowest BCUT2D eigenvalue weighted by Crippen LogP contribution is -2.44. The third kappa shape index (κ3) is 3.95. The van der Waals surface area contributed by atoms with E-state index in [1.807, 2.05) is 0 Å². The maximum Gasteiger partial charge on any atom is 0.243 e. The Labute approximate surface area is 195 Å². The summed E-state index contributed by atoms with van der Waals surface area (Å²) in [6.07, 6.45) is 6.90. The number of carbonyl (C=O) groups excluding carboxylic acids is 3. The standard InChI is InChI=1S/C25H23ClFN3O3/c1-14(31)18-12-29(20-7-8-28-11-17(18)20)13-24(33)30-21-9-16(21)10-22(30)23(32)6-5-15-3-2-4-19(26)25(15)27/h2-4,7-8,11-12,16,21-22H,5-6,9-10,13H2,1H3/t16-,21-,22+/m1/s1. The molecule has 0 unspecified atom stereocenters. The monoisotopic (exact) mass is 467 g/mol. The van der Waals surface area contributed by atoms with Gasteiger partial charge < -0.3 is 9.47 Å². The fourth-order valence-corrected chi connectivity index (χ4v) is 5.24. The summed E-state index contributed by atoms with van der Waals surface area (Å²) in [6, 6.07) is 6.15. The summed E-state index contributed by atoms with van der Waals surface area (Å²) in [7, 11) is 0. The molecule has 1 saturated heterocycles. The second kappa shape index (κ2) is 8.37. The quantitative estimate of drug-likeness (QED) is 0.488. The van der Waals surface area contributed by atoms with Crippen molar-refractivity contribution in [3.8, 4) is 0 Å². The molecule has 2 aliphatic rings. The van der Waals surface area contributed by atoms with Crippen molar-refractivity contribution in [3.63, 3.8) is 0 Å². The third-order valence-corrected chi connectivity index (χ3v) is 7.10. The smallest absolute Gasteiger partial charge is 0.243 e. The van der Waals surface area contributed by atoms with Crippen molar-refractivity contribution in [1.29, 1.82) is 0 Å². The van der Waals surface area contributed by atoms with Crippen molar-refractivity contribution in [1.82, 2.24) is 14.5 Å². The Kier molecular flexibility index (Phi) is 5.52. The van der Waals surface area contributed by atoms with Gasteiger partial charge in [-0.15, -0.1) is 0 Å². The van der Waals surface area contributed by atoms with Gasteiger partial charge in [0.25, 0.3) is 0 Å². The Morgan fingerprint density at radius 1 is 1.21 bits per heavy atom. The molecule has 2 fully saturated rings. The largest absolute Gasteiger partial charge is 0.337 e. The van der Waals surface area contributed by atoms with E-state index >= 15 is 0 Å². The molecule has 0 N–H and O–H groups in total. The second-order valence-electron chi connectivity index (χ2n) is 8.91. The van der Waals surface area contributed by atoms with Crippen LogP contribution < -0.4 is 0 Å². The summed E-state index contributed by atoms with van der Waals surface area (Å²) in [5.74, 6) is -0.436. The topological polar surface area (TPSA) is 72.3 Å². The van der Waals surface area contributed by atoms with Crippen LogP contribution in [0.25, 0.3) is 10.9 Å². The van der Waals surface area contributed by atoms with Crippen LogP contribution in [0.15, 0.2) is 42.9 Å². The number of rotatable bonds is 7. The van der Waals surface area contributed by atoms with Crippen LogP contribution in [-0.4, -0.2) is 44.0 Å². The lowest BCUT2D eigenvalue weighted by molar-refractivity contribution is -0.139. The van der Waals surface area contributed by atoms with Crippen LogP contribution in [0.3, 0.4) is 0 Å². The summed E-state index contributed by atoms with van der Waals surface area (Å²) >= 11 is 5.85. The Morgan fingerprint density at radius 2 is 2.03 bits per heavy atom. The number of fused-ring (bicyclic) bond motifs is 2. The van der Waals surface area contributed by atoms with Gasteiger partial charge >= 0.3 is 0 Å². The molecular weight excluding hydrogens is 445 g/mol. The lowest BCUT2D eigenvalue weighted by Gasteiger charge is -2.27. The highest BCUT2D eigenvalue weighted by Gasteiger charge is 2.55. The number of aromatic nitrogens is 2. The average Bonchev–Trinajstić information content (AvgIpc) is 3.30. The van der Waals surface area contributed by atoms with E-state index in [9.17, 15) is 18.8 Å². The van der Waals surface area contributed by atoms with Gasteiger partial charge in [-0.3, -0.25) is 19.4 Å². The number of amides is 1. The van der Waals surface area contributed by atoms with E-state index in [2.05, 4.69) is 4.98 Å². The maximum absolute atomic E-state index is 14.2. The van der Waals surface area contributed by atoms with E-state index in [1.54, 1.807) is 46.3 Å². The molecule has 5 rings (SSSR count). The van der Waals surface area contributed by atoms with Gasteiger partial charge in [-0.05, 0) is 49.8 Å². The summed E-state index contributed by atoms with van der Waals surface area (Å²) in [5, 5.41) is 0.748. The molecule has 8 heteroatoms. The summed E-state index contributed by atoms with van der Waals surface area (Å²) in [5.41, 5.74) is 1.68. The first-order chi connectivity index (χ1) is 15.8. The van der Waals surface area contributed by atoms with Crippen molar-refractivity contribution in [2.45, 2.75) is 51.2 Å². The number of hydrogen-bond donors (Lipinski definition) is 0. The number of likely N-dealkylation sites (tertiary alicyclic amines) is 1. The van der Waals surface area contributed by atoms with Crippen molar-refractivity contribution in [2.75, 3.05) is 0 Å². The molecule has 1 saturated carbocycles. The van der Waals surface area contributed by atoms with Gasteiger partial charge in [0.15, 0.2) is 11.6 Å². The Balaban J connectivity index is 1.33. The van der Waals surface area contributed by atoms with Crippen molar-refractivity contribution in [2.24, 2.45) is 5.92 Å². The van der Waals surface area contributed by atoms with Gasteiger partial charge in [-0.2, -0.15) is 0 Å². The molecule has 1 aliphatic carbocycles. The zero-order valence-electron chi connectivity index (χ0n) is 18.1. The van der Waals surface area contributed by atoms with E-state index in [4.69, 9.17) is 11.6 Å². The molecule has 6 nitrogen and oxygen atoms in total. The minimum Gasteiger partial charge on any atom is -0.337 e. The van der Waals surface area contributed by atoms with Crippen molar-refractivity contribution >= 4 is 40.0 Å². The van der Waals surface area contributed by atoms with Crippen LogP contribution in [-0.2, 0) is 22.6 Å². The summed E-state index contributed by atoms with van der Waals surface area (Å²) < 4.78 is 16.0. The van der Waals surface area contributed by atoms with Crippen LogP contribution in [0.2, 0.25) is 5.02 Å². The highest BCUT2D eigenvalue weighted by atomic mass is 35.5. The number of benzene rings is 1. The van der Waals surface area contributed by atoms with Crippen LogP contribution in [0.5, 0.6) is 0 Å². The minimum absolute atomic E-state index is 0.0398. The predicted molar refractivity (Wildman–Crippen MR) is 122 cm³/mol. The molecular formula is C25H23ClFN3O3. The van der Waals surface area contributed by atoms with Crippen LogP contribution in [0.1, 0.15) is 42.1 Å². The number of carbonyl (C=O) groups is 3.